The number of nitrogen functional groups attached to an aromatic ring is 2. The second-order valence-corrected chi connectivity index (χ2v) is 13.0. The number of fused-ring (bicyclic) bond motifs is 1. The number of rotatable bonds is 5. The summed E-state index contributed by atoms with van der Waals surface area (Å²) >= 11 is 6.16. The predicted molar refractivity (Wildman–Crippen MR) is 148 cm³/mol. The number of nitrogens with two attached hydrogens (primary N) is 2. The van der Waals surface area contributed by atoms with E-state index in [0.717, 1.165) is 22.9 Å². The lowest BCUT2D eigenvalue weighted by atomic mass is 10.0. The van der Waals surface area contributed by atoms with Crippen LogP contribution in [0.15, 0.2) is 51.1 Å². The molecule has 0 aliphatic carbocycles. The quantitative estimate of drug-likeness (QED) is 0.408. The van der Waals surface area contributed by atoms with Gasteiger partial charge in [-0.25, -0.2) is 4.98 Å². The minimum Gasteiger partial charge on any atom is -0.598 e. The molecule has 0 radical (unpaired) electrons. The number of hydrogen-bond acceptors (Lipinski definition) is 9. The molecule has 36 heavy (non-hydrogen) atoms. The van der Waals surface area contributed by atoms with E-state index in [0.29, 0.717) is 30.4 Å². The van der Waals surface area contributed by atoms with Crippen molar-refractivity contribution < 1.29 is 4.55 Å². The molecule has 4 rings (SSSR count). The molecule has 0 amide bonds. The Labute approximate surface area is 223 Å². The second kappa shape index (κ2) is 10.5. The van der Waals surface area contributed by atoms with Gasteiger partial charge in [0.1, 0.15) is 21.3 Å². The highest BCUT2D eigenvalue weighted by atomic mass is 35.5. The van der Waals surface area contributed by atoms with Crippen molar-refractivity contribution in [3.63, 3.8) is 0 Å². The van der Waals surface area contributed by atoms with Crippen LogP contribution in [0.3, 0.4) is 0 Å². The van der Waals surface area contributed by atoms with Gasteiger partial charge >= 0.3 is 0 Å². The average molecular weight is 548 g/mol. The van der Waals surface area contributed by atoms with Gasteiger partial charge in [-0.05, 0) is 44.4 Å². The Morgan fingerprint density at radius 3 is 2.67 bits per heavy atom. The zero-order chi connectivity index (χ0) is 26.2. The molecule has 1 aliphatic heterocycles. The molecule has 3 heterocycles. The van der Waals surface area contributed by atoms with Crippen molar-refractivity contribution in [2.45, 2.75) is 54.3 Å². The van der Waals surface area contributed by atoms with Crippen LogP contribution >= 0.6 is 23.4 Å². The Balaban J connectivity index is 1.66. The molecule has 0 unspecified atom stereocenters. The van der Waals surface area contributed by atoms with Crippen molar-refractivity contribution in [1.82, 2.24) is 19.3 Å². The highest BCUT2D eigenvalue weighted by molar-refractivity contribution is 7.99. The fourth-order valence-corrected chi connectivity index (χ4v) is 5.94. The fourth-order valence-electron chi connectivity index (χ4n) is 3.94. The summed E-state index contributed by atoms with van der Waals surface area (Å²) in [6.07, 6.45) is 2.20. The molecule has 1 aliphatic rings. The van der Waals surface area contributed by atoms with Gasteiger partial charge in [-0.2, -0.15) is 4.98 Å². The molecule has 1 aromatic carbocycles. The predicted octanol–water partition coefficient (Wildman–Crippen LogP) is 3.65. The number of nitrogens with zero attached hydrogens (tertiary/aromatic N) is 4. The smallest absolute Gasteiger partial charge is 0.270 e. The van der Waals surface area contributed by atoms with E-state index in [-0.39, 0.29) is 33.2 Å². The number of pyridine rings is 1. The SMILES string of the molecule is Cn1c(N2CC[C@H](N[S@+]([O-])C(C)(C)C)c3ccccc3C2)nc(N)c(Sc2ccnc(N)c2Cl)c1=O. The van der Waals surface area contributed by atoms with Gasteiger partial charge in [0.25, 0.3) is 5.56 Å². The standard InChI is InChI=1S/C24H30ClN7O2S2/c1-24(2,3)36(34)30-16-10-12-32(13-14-7-5-6-8-15(14)16)23-29-21(27)19(22(33)31(23)4)35-17-9-11-28-20(26)18(17)25/h5-9,11,16,30H,10,12-13,27H2,1-4H3,(H2,26,28)/t16-,36+/m0/s1. The van der Waals surface area contributed by atoms with Crippen LogP contribution in [0.4, 0.5) is 17.6 Å². The summed E-state index contributed by atoms with van der Waals surface area (Å²) in [6.45, 7) is 6.96. The number of anilines is 3. The first-order chi connectivity index (χ1) is 17.0. The Kier molecular flexibility index (Phi) is 7.77. The molecule has 192 valence electrons. The summed E-state index contributed by atoms with van der Waals surface area (Å²) in [5.74, 6) is 0.764. The first kappa shape index (κ1) is 26.6. The normalized spacial score (nSPS) is 16.9. The molecule has 2 aromatic heterocycles. The molecule has 9 nitrogen and oxygen atoms in total. The molecule has 5 N–H and O–H groups in total. The van der Waals surface area contributed by atoms with Gasteiger partial charge in [-0.3, -0.25) is 9.36 Å². The molecular weight excluding hydrogens is 518 g/mol. The lowest BCUT2D eigenvalue weighted by molar-refractivity contribution is 0.513. The van der Waals surface area contributed by atoms with Crippen molar-refractivity contribution in [2.24, 2.45) is 7.05 Å². The van der Waals surface area contributed by atoms with E-state index < -0.39 is 16.1 Å². The number of halogens is 1. The summed E-state index contributed by atoms with van der Waals surface area (Å²) in [5, 5.41) is 0.267. The summed E-state index contributed by atoms with van der Waals surface area (Å²) in [6, 6.07) is 9.64. The lowest BCUT2D eigenvalue weighted by Gasteiger charge is -2.28. The van der Waals surface area contributed by atoms with Crippen molar-refractivity contribution in [3.8, 4) is 0 Å². The van der Waals surface area contributed by atoms with Crippen molar-refractivity contribution >= 4 is 52.3 Å². The van der Waals surface area contributed by atoms with E-state index >= 15 is 0 Å². The van der Waals surface area contributed by atoms with Gasteiger partial charge < -0.3 is 20.9 Å². The fraction of sp³-hybridized carbons (Fsp3) is 0.375. The van der Waals surface area contributed by atoms with E-state index in [1.165, 1.54) is 10.8 Å². The minimum atomic E-state index is -1.23. The Bertz CT molecular complexity index is 1330. The number of hydrogen-bond donors (Lipinski definition) is 3. The molecule has 2 atom stereocenters. The van der Waals surface area contributed by atoms with E-state index in [1.807, 2.05) is 43.9 Å². The van der Waals surface area contributed by atoms with Gasteiger partial charge in [0.05, 0.1) is 11.1 Å². The number of aromatic nitrogens is 3. The first-order valence-electron chi connectivity index (χ1n) is 11.4. The van der Waals surface area contributed by atoms with Crippen molar-refractivity contribution in [3.05, 3.63) is 63.0 Å². The van der Waals surface area contributed by atoms with Crippen LogP contribution < -0.4 is 26.6 Å². The largest absolute Gasteiger partial charge is 0.598 e. The van der Waals surface area contributed by atoms with Gasteiger partial charge in [-0.15, -0.1) is 4.72 Å². The zero-order valence-corrected chi connectivity index (χ0v) is 23.0. The maximum atomic E-state index is 13.4. The molecule has 0 fully saturated rings. The highest BCUT2D eigenvalue weighted by Crippen LogP contribution is 2.37. The molecule has 0 bridgehead atoms. The zero-order valence-electron chi connectivity index (χ0n) is 20.6. The monoisotopic (exact) mass is 547 g/mol. The van der Waals surface area contributed by atoms with Crippen LogP contribution in [0.5, 0.6) is 0 Å². The third kappa shape index (κ3) is 5.45. The van der Waals surface area contributed by atoms with Crippen LogP contribution in [-0.2, 0) is 25.0 Å². The third-order valence-corrected chi connectivity index (χ3v) is 9.18. The molecule has 12 heteroatoms. The van der Waals surface area contributed by atoms with E-state index in [4.69, 9.17) is 23.1 Å². The Morgan fingerprint density at radius 1 is 1.22 bits per heavy atom. The average Bonchev–Trinajstić information content (AvgIpc) is 3.00. The van der Waals surface area contributed by atoms with E-state index in [2.05, 4.69) is 20.8 Å². The molecular formula is C24H30ClN7O2S2. The van der Waals surface area contributed by atoms with Crippen LogP contribution in [-0.4, -0.2) is 30.4 Å². The number of benzene rings is 1. The lowest BCUT2D eigenvalue weighted by Crippen LogP contribution is -2.41. The molecule has 0 spiro atoms. The Hall–Kier alpha value is -2.44. The van der Waals surface area contributed by atoms with Gasteiger partial charge in [0.2, 0.25) is 5.95 Å². The molecule has 0 saturated heterocycles. The molecule has 0 saturated carbocycles. The van der Waals surface area contributed by atoms with Crippen LogP contribution in [0.1, 0.15) is 44.4 Å². The molecule has 3 aromatic rings. The highest BCUT2D eigenvalue weighted by Gasteiger charge is 2.33. The number of nitrogens with one attached hydrogen (secondary N) is 1. The van der Waals surface area contributed by atoms with E-state index in [9.17, 15) is 9.35 Å². The van der Waals surface area contributed by atoms with Crippen molar-refractivity contribution in [1.29, 1.82) is 0 Å². The second-order valence-electron chi connectivity index (χ2n) is 9.56. The first-order valence-corrected chi connectivity index (χ1v) is 13.8. The summed E-state index contributed by atoms with van der Waals surface area (Å²) in [5.41, 5.74) is 14.0. The van der Waals surface area contributed by atoms with Gasteiger partial charge in [0, 0.05) is 42.6 Å². The van der Waals surface area contributed by atoms with Crippen molar-refractivity contribution in [2.75, 3.05) is 22.9 Å². The third-order valence-electron chi connectivity index (χ3n) is 5.91. The minimum absolute atomic E-state index is 0.102. The van der Waals surface area contributed by atoms with Crippen LogP contribution in [0, 0.1) is 0 Å². The summed E-state index contributed by atoms with van der Waals surface area (Å²) in [7, 11) is 1.68. The maximum Gasteiger partial charge on any atom is 0.270 e. The summed E-state index contributed by atoms with van der Waals surface area (Å²) in [4.78, 5) is 24.8. The van der Waals surface area contributed by atoms with Crippen LogP contribution in [0.2, 0.25) is 5.02 Å². The van der Waals surface area contributed by atoms with E-state index in [1.54, 1.807) is 13.1 Å². The topological polar surface area (TPSA) is 138 Å². The van der Waals surface area contributed by atoms with Gasteiger partial charge in [-0.1, -0.05) is 47.6 Å². The summed E-state index contributed by atoms with van der Waals surface area (Å²) < 4.78 is 17.3. The maximum absolute atomic E-state index is 13.4. The van der Waals surface area contributed by atoms with Gasteiger partial charge in [0.15, 0.2) is 0 Å². The van der Waals surface area contributed by atoms with Crippen LogP contribution in [0.25, 0.3) is 0 Å². The Morgan fingerprint density at radius 2 is 1.94 bits per heavy atom.